The van der Waals surface area contributed by atoms with Gasteiger partial charge in [0.05, 0.1) is 35.8 Å². The zero-order valence-corrected chi connectivity index (χ0v) is 23.6. The number of ether oxygens (including phenoxy) is 4. The summed E-state index contributed by atoms with van der Waals surface area (Å²) in [6.07, 6.45) is 2.10. The highest BCUT2D eigenvalue weighted by atomic mass is 35.5. The maximum absolute atomic E-state index is 12.9. The Balaban J connectivity index is 1.69. The highest BCUT2D eigenvalue weighted by molar-refractivity contribution is 8.18. The van der Waals surface area contributed by atoms with E-state index in [1.165, 1.54) is 31.4 Å². The van der Waals surface area contributed by atoms with Gasteiger partial charge in [-0.2, -0.15) is 0 Å². The number of carbonyl (C=O) groups excluding carboxylic acids is 5. The van der Waals surface area contributed by atoms with E-state index in [0.717, 1.165) is 4.90 Å². The molecule has 40 heavy (non-hydrogen) atoms. The van der Waals surface area contributed by atoms with Crippen LogP contribution >= 0.6 is 23.4 Å². The molecule has 2 aromatic rings. The molecule has 11 nitrogen and oxygen atoms in total. The number of amides is 3. The number of esters is 2. The van der Waals surface area contributed by atoms with E-state index in [1.807, 2.05) is 6.92 Å². The summed E-state index contributed by atoms with van der Waals surface area (Å²) in [5.74, 6) is -1.90. The van der Waals surface area contributed by atoms with Gasteiger partial charge < -0.3 is 24.3 Å². The molecule has 1 fully saturated rings. The topological polar surface area (TPSA) is 138 Å². The smallest absolute Gasteiger partial charge is 0.344 e. The van der Waals surface area contributed by atoms with Gasteiger partial charge in [-0.3, -0.25) is 19.3 Å². The number of halogens is 1. The third kappa shape index (κ3) is 7.99. The van der Waals surface area contributed by atoms with Crippen LogP contribution in [0, 0.1) is 0 Å². The van der Waals surface area contributed by atoms with E-state index >= 15 is 0 Å². The maximum Gasteiger partial charge on any atom is 0.344 e. The number of benzene rings is 2. The lowest BCUT2D eigenvalue weighted by molar-refractivity contribution is -0.145. The van der Waals surface area contributed by atoms with Crippen LogP contribution in [0.25, 0.3) is 6.08 Å². The second-order valence-electron chi connectivity index (χ2n) is 8.15. The summed E-state index contributed by atoms with van der Waals surface area (Å²) in [7, 11) is 1.44. The molecule has 212 valence electrons. The SMILES string of the molecule is CCCOC(=O)c1cc(NC(=O)CN2C(=O)S/C(=C\c3ccc(OC)c(OCC(=O)OCC)c3)C2=O)ccc1Cl. The normalized spacial score (nSPS) is 13.8. The van der Waals surface area contributed by atoms with Crippen LogP contribution in [0.5, 0.6) is 11.5 Å². The molecule has 13 heteroatoms. The van der Waals surface area contributed by atoms with Crippen LogP contribution in [0.4, 0.5) is 10.5 Å². The van der Waals surface area contributed by atoms with Gasteiger partial charge in [0.25, 0.3) is 11.1 Å². The number of hydrogen-bond donors (Lipinski definition) is 1. The Labute approximate surface area is 239 Å². The van der Waals surface area contributed by atoms with Gasteiger partial charge in [0.1, 0.15) is 6.54 Å². The molecule has 0 saturated carbocycles. The minimum Gasteiger partial charge on any atom is -0.493 e. The lowest BCUT2D eigenvalue weighted by atomic mass is 10.2. The largest absolute Gasteiger partial charge is 0.493 e. The van der Waals surface area contributed by atoms with Crippen LogP contribution in [0.2, 0.25) is 5.02 Å². The molecule has 0 aromatic heterocycles. The van der Waals surface area contributed by atoms with Gasteiger partial charge in [-0.1, -0.05) is 24.6 Å². The van der Waals surface area contributed by atoms with Crippen molar-refractivity contribution in [2.24, 2.45) is 0 Å². The van der Waals surface area contributed by atoms with Crippen molar-refractivity contribution in [1.82, 2.24) is 4.90 Å². The molecule has 0 radical (unpaired) electrons. The van der Waals surface area contributed by atoms with E-state index in [4.69, 9.17) is 30.5 Å². The Kier molecular flexibility index (Phi) is 11.0. The third-order valence-corrected chi connectivity index (χ3v) is 6.46. The van der Waals surface area contributed by atoms with Crippen LogP contribution in [-0.2, 0) is 23.9 Å². The van der Waals surface area contributed by atoms with Crippen LogP contribution in [0.15, 0.2) is 41.3 Å². The monoisotopic (exact) mass is 590 g/mol. The molecule has 3 amide bonds. The summed E-state index contributed by atoms with van der Waals surface area (Å²) >= 11 is 6.76. The van der Waals surface area contributed by atoms with E-state index in [2.05, 4.69) is 5.32 Å². The van der Waals surface area contributed by atoms with Gasteiger partial charge in [0, 0.05) is 5.69 Å². The molecule has 0 aliphatic carbocycles. The first-order chi connectivity index (χ1) is 19.2. The lowest BCUT2D eigenvalue weighted by Crippen LogP contribution is -2.36. The first-order valence-corrected chi connectivity index (χ1v) is 13.3. The molecule has 1 heterocycles. The fourth-order valence-corrected chi connectivity index (χ4v) is 4.43. The van der Waals surface area contributed by atoms with Crippen LogP contribution in [-0.4, -0.2) is 67.4 Å². The molecular formula is C27H27ClN2O9S. The minimum atomic E-state index is -0.658. The fraction of sp³-hybridized carbons (Fsp3) is 0.296. The van der Waals surface area contributed by atoms with Gasteiger partial charge >= 0.3 is 11.9 Å². The molecule has 0 unspecified atom stereocenters. The molecule has 1 saturated heterocycles. The second-order valence-corrected chi connectivity index (χ2v) is 9.55. The summed E-state index contributed by atoms with van der Waals surface area (Å²) in [4.78, 5) is 62.9. The quantitative estimate of drug-likeness (QED) is 0.277. The first kappa shape index (κ1) is 30.5. The molecule has 1 aliphatic heterocycles. The molecule has 2 aromatic carbocycles. The van der Waals surface area contributed by atoms with Crippen LogP contribution < -0.4 is 14.8 Å². The number of imide groups is 1. The van der Waals surface area contributed by atoms with Gasteiger partial charge in [0.15, 0.2) is 18.1 Å². The summed E-state index contributed by atoms with van der Waals surface area (Å²) < 4.78 is 20.7. The van der Waals surface area contributed by atoms with Crippen molar-refractivity contribution in [2.75, 3.05) is 38.8 Å². The van der Waals surface area contributed by atoms with Gasteiger partial charge in [-0.05, 0) is 67.1 Å². The maximum atomic E-state index is 12.9. The van der Waals surface area contributed by atoms with Gasteiger partial charge in [-0.15, -0.1) is 0 Å². The Morgan fingerprint density at radius 1 is 1.05 bits per heavy atom. The Morgan fingerprint density at radius 2 is 1.82 bits per heavy atom. The van der Waals surface area contributed by atoms with E-state index in [1.54, 1.807) is 25.1 Å². The summed E-state index contributed by atoms with van der Waals surface area (Å²) in [6, 6.07) is 9.04. The number of anilines is 1. The number of carbonyl (C=O) groups is 5. The average Bonchev–Trinajstić information content (AvgIpc) is 3.18. The zero-order valence-electron chi connectivity index (χ0n) is 22.0. The predicted molar refractivity (Wildman–Crippen MR) is 148 cm³/mol. The lowest BCUT2D eigenvalue weighted by Gasteiger charge is -2.13. The Hall–Kier alpha value is -4.03. The molecule has 0 bridgehead atoms. The summed E-state index contributed by atoms with van der Waals surface area (Å²) in [6.45, 7) is 3.07. The Morgan fingerprint density at radius 3 is 2.52 bits per heavy atom. The van der Waals surface area contributed by atoms with E-state index in [0.29, 0.717) is 29.5 Å². The highest BCUT2D eigenvalue weighted by Crippen LogP contribution is 2.34. The number of thioether (sulfide) groups is 1. The highest BCUT2D eigenvalue weighted by Gasteiger charge is 2.36. The van der Waals surface area contributed by atoms with Gasteiger partial charge in [-0.25, -0.2) is 9.59 Å². The van der Waals surface area contributed by atoms with Crippen molar-refractivity contribution >= 4 is 64.1 Å². The van der Waals surface area contributed by atoms with Crippen molar-refractivity contribution in [3.05, 3.63) is 57.5 Å². The van der Waals surface area contributed by atoms with Crippen molar-refractivity contribution in [2.45, 2.75) is 20.3 Å². The summed E-state index contributed by atoms with van der Waals surface area (Å²) in [5.41, 5.74) is 0.819. The van der Waals surface area contributed by atoms with E-state index in [-0.39, 0.29) is 46.7 Å². The molecule has 0 atom stereocenters. The molecule has 3 rings (SSSR count). The van der Waals surface area contributed by atoms with Crippen LogP contribution in [0.1, 0.15) is 36.2 Å². The summed E-state index contributed by atoms with van der Waals surface area (Å²) in [5, 5.41) is 2.09. The van der Waals surface area contributed by atoms with E-state index in [9.17, 15) is 24.0 Å². The molecule has 0 spiro atoms. The second kappa shape index (κ2) is 14.4. The number of nitrogens with one attached hydrogen (secondary N) is 1. The molecule has 1 aliphatic rings. The van der Waals surface area contributed by atoms with Crippen molar-refractivity contribution in [1.29, 1.82) is 0 Å². The number of nitrogens with zero attached hydrogens (tertiary/aromatic N) is 1. The zero-order chi connectivity index (χ0) is 29.2. The van der Waals surface area contributed by atoms with Crippen molar-refractivity contribution in [3.63, 3.8) is 0 Å². The fourth-order valence-electron chi connectivity index (χ4n) is 3.40. The predicted octanol–water partition coefficient (Wildman–Crippen LogP) is 4.53. The standard InChI is InChI=1S/C27H27ClN2O9S/c1-4-10-38-26(34)18-13-17(7-8-19(18)28)29-23(31)14-30-25(33)22(40-27(30)35)12-16-6-9-20(36-3)21(11-16)39-15-24(32)37-5-2/h6-9,11-13H,4-5,10,14-15H2,1-3H3,(H,29,31)/b22-12-. The van der Waals surface area contributed by atoms with Crippen LogP contribution in [0.3, 0.4) is 0 Å². The van der Waals surface area contributed by atoms with E-state index < -0.39 is 35.5 Å². The van der Waals surface area contributed by atoms with Gasteiger partial charge in [0.2, 0.25) is 5.91 Å². The third-order valence-electron chi connectivity index (χ3n) is 5.22. The average molecular weight is 591 g/mol. The van der Waals surface area contributed by atoms with Crippen molar-refractivity contribution < 1.29 is 42.9 Å². The minimum absolute atomic E-state index is 0.0760. The number of hydrogen-bond acceptors (Lipinski definition) is 10. The number of methoxy groups -OCH3 is 1. The number of rotatable bonds is 12. The molecule has 1 N–H and O–H groups in total. The first-order valence-electron chi connectivity index (χ1n) is 12.1. The molecular weight excluding hydrogens is 564 g/mol. The van der Waals surface area contributed by atoms with Crippen molar-refractivity contribution in [3.8, 4) is 11.5 Å². The Bertz CT molecular complexity index is 1350.